The Morgan fingerprint density at radius 2 is 2.29 bits per heavy atom. The molecule has 0 saturated carbocycles. The molecule has 3 aliphatic rings. The SMILES string of the molecule is PO[C@@H]1CCC=NC2=C1N=CC2[C@H]1CC=CO1. The zero-order valence-corrected chi connectivity index (χ0v) is 10.6. The van der Waals surface area contributed by atoms with E-state index in [-0.39, 0.29) is 18.1 Å². The highest BCUT2D eigenvalue weighted by atomic mass is 31.0. The summed E-state index contributed by atoms with van der Waals surface area (Å²) < 4.78 is 11.0. The molecule has 3 aliphatic heterocycles. The van der Waals surface area contributed by atoms with Crippen LogP contribution in [-0.4, -0.2) is 24.6 Å². The van der Waals surface area contributed by atoms with E-state index in [9.17, 15) is 0 Å². The lowest BCUT2D eigenvalue weighted by Gasteiger charge is -2.18. The van der Waals surface area contributed by atoms with E-state index in [1.807, 2.05) is 18.5 Å². The molecule has 3 rings (SSSR count). The van der Waals surface area contributed by atoms with Crippen LogP contribution in [0.15, 0.2) is 33.7 Å². The molecule has 5 heteroatoms. The molecule has 0 N–H and O–H groups in total. The number of nitrogens with zero attached hydrogens (tertiary/aromatic N) is 2. The molecule has 0 aromatic rings. The highest BCUT2D eigenvalue weighted by molar-refractivity contribution is 7.09. The second-order valence-corrected chi connectivity index (χ2v) is 4.64. The minimum Gasteiger partial charge on any atom is -0.497 e. The van der Waals surface area contributed by atoms with Gasteiger partial charge in [0.2, 0.25) is 0 Å². The Labute approximate surface area is 103 Å². The summed E-state index contributed by atoms with van der Waals surface area (Å²) in [6.07, 6.45) is 10.7. The Balaban J connectivity index is 1.88. The smallest absolute Gasteiger partial charge is 0.115 e. The van der Waals surface area contributed by atoms with Gasteiger partial charge in [0.1, 0.15) is 12.2 Å². The van der Waals surface area contributed by atoms with Gasteiger partial charge in [0.15, 0.2) is 0 Å². The van der Waals surface area contributed by atoms with Crippen LogP contribution in [0.3, 0.4) is 0 Å². The van der Waals surface area contributed by atoms with Crippen LogP contribution in [0.1, 0.15) is 19.3 Å². The zero-order valence-electron chi connectivity index (χ0n) is 9.45. The molecule has 17 heavy (non-hydrogen) atoms. The van der Waals surface area contributed by atoms with Crippen molar-refractivity contribution in [1.29, 1.82) is 0 Å². The summed E-state index contributed by atoms with van der Waals surface area (Å²) in [5.41, 5.74) is 1.98. The molecular weight excluding hydrogens is 235 g/mol. The van der Waals surface area contributed by atoms with Crippen LogP contribution < -0.4 is 0 Å². The summed E-state index contributed by atoms with van der Waals surface area (Å²) in [5, 5.41) is 0. The monoisotopic (exact) mass is 250 g/mol. The van der Waals surface area contributed by atoms with Crippen LogP contribution in [-0.2, 0) is 9.26 Å². The van der Waals surface area contributed by atoms with Crippen LogP contribution in [0.25, 0.3) is 0 Å². The molecule has 0 aromatic carbocycles. The third kappa shape index (κ3) is 1.96. The third-order valence-electron chi connectivity index (χ3n) is 3.33. The first-order valence-corrected chi connectivity index (χ1v) is 6.34. The van der Waals surface area contributed by atoms with Crippen molar-refractivity contribution in [3.63, 3.8) is 0 Å². The van der Waals surface area contributed by atoms with Gasteiger partial charge in [-0.2, -0.15) is 0 Å². The maximum Gasteiger partial charge on any atom is 0.115 e. The first-order valence-electron chi connectivity index (χ1n) is 5.87. The van der Waals surface area contributed by atoms with Gasteiger partial charge < -0.3 is 9.26 Å². The van der Waals surface area contributed by atoms with Crippen LogP contribution >= 0.6 is 9.47 Å². The van der Waals surface area contributed by atoms with E-state index in [2.05, 4.69) is 19.5 Å². The van der Waals surface area contributed by atoms with Crippen molar-refractivity contribution in [2.45, 2.75) is 31.5 Å². The molecule has 2 unspecified atom stereocenters. The number of hydrogen-bond acceptors (Lipinski definition) is 4. The van der Waals surface area contributed by atoms with Crippen molar-refractivity contribution < 1.29 is 9.26 Å². The van der Waals surface area contributed by atoms with Crippen LogP contribution in [0.2, 0.25) is 0 Å². The standard InChI is InChI=1S/C12H15N2O2P/c17-16-10-3-1-5-13-11-8(7-14-12(10)11)9-4-2-6-15-9/h2,5-10H,1,3-4,17H2/t8?,9-,10-/m1/s1. The molecular formula is C12H15N2O2P. The van der Waals surface area contributed by atoms with Gasteiger partial charge >= 0.3 is 0 Å². The molecule has 0 aromatic heterocycles. The zero-order chi connectivity index (χ0) is 11.7. The molecule has 3 heterocycles. The van der Waals surface area contributed by atoms with Gasteiger partial charge in [0, 0.05) is 28.3 Å². The fraction of sp³-hybridized carbons (Fsp3) is 0.500. The normalized spacial score (nSPS) is 35.0. The summed E-state index contributed by atoms with van der Waals surface area (Å²) in [7, 11) is 2.33. The molecule has 0 aliphatic carbocycles. The fourth-order valence-corrected chi connectivity index (χ4v) is 2.70. The maximum atomic E-state index is 5.57. The molecule has 4 nitrogen and oxygen atoms in total. The fourth-order valence-electron chi connectivity index (χ4n) is 2.43. The second-order valence-electron chi connectivity index (χ2n) is 4.37. The van der Waals surface area contributed by atoms with E-state index >= 15 is 0 Å². The topological polar surface area (TPSA) is 43.2 Å². The van der Waals surface area contributed by atoms with Crippen molar-refractivity contribution >= 4 is 21.9 Å². The number of ether oxygens (including phenoxy) is 1. The van der Waals surface area contributed by atoms with Crippen LogP contribution in [0.4, 0.5) is 0 Å². The second kappa shape index (κ2) is 4.71. The molecule has 0 radical (unpaired) electrons. The lowest BCUT2D eigenvalue weighted by Crippen LogP contribution is -2.21. The highest BCUT2D eigenvalue weighted by Gasteiger charge is 2.34. The number of rotatable bonds is 2. The average Bonchev–Trinajstić information content (AvgIpc) is 2.95. The van der Waals surface area contributed by atoms with E-state index in [1.165, 1.54) is 0 Å². The van der Waals surface area contributed by atoms with E-state index in [0.717, 1.165) is 30.7 Å². The largest absolute Gasteiger partial charge is 0.497 e. The highest BCUT2D eigenvalue weighted by Crippen LogP contribution is 2.35. The van der Waals surface area contributed by atoms with Crippen LogP contribution in [0, 0.1) is 5.92 Å². The van der Waals surface area contributed by atoms with Crippen LogP contribution in [0.5, 0.6) is 0 Å². The molecule has 0 amide bonds. The van der Waals surface area contributed by atoms with Gasteiger partial charge in [-0.25, -0.2) is 0 Å². The minimum absolute atomic E-state index is 0.0353. The lowest BCUT2D eigenvalue weighted by molar-refractivity contribution is 0.150. The summed E-state index contributed by atoms with van der Waals surface area (Å²) in [6.45, 7) is 0. The average molecular weight is 250 g/mol. The van der Waals surface area contributed by atoms with Crippen molar-refractivity contribution in [2.24, 2.45) is 15.9 Å². The molecule has 0 spiro atoms. The van der Waals surface area contributed by atoms with Crippen molar-refractivity contribution in [1.82, 2.24) is 0 Å². The van der Waals surface area contributed by atoms with Crippen molar-refractivity contribution in [2.75, 3.05) is 0 Å². The summed E-state index contributed by atoms with van der Waals surface area (Å²) in [5.74, 6) is 0.164. The Morgan fingerprint density at radius 3 is 3.06 bits per heavy atom. The Bertz CT molecular complexity index is 420. The van der Waals surface area contributed by atoms with Crippen molar-refractivity contribution in [3.8, 4) is 0 Å². The summed E-state index contributed by atoms with van der Waals surface area (Å²) in [4.78, 5) is 9.03. The Kier molecular flexibility index (Phi) is 3.08. The summed E-state index contributed by atoms with van der Waals surface area (Å²) in [6, 6.07) is 0. The maximum absolute atomic E-state index is 5.57. The summed E-state index contributed by atoms with van der Waals surface area (Å²) >= 11 is 0. The first-order chi connectivity index (χ1) is 8.40. The van der Waals surface area contributed by atoms with Crippen molar-refractivity contribution in [3.05, 3.63) is 23.7 Å². The van der Waals surface area contributed by atoms with E-state index in [4.69, 9.17) is 9.26 Å². The van der Waals surface area contributed by atoms with E-state index in [0.29, 0.717) is 0 Å². The third-order valence-corrected chi connectivity index (χ3v) is 3.66. The van der Waals surface area contributed by atoms with E-state index in [1.54, 1.807) is 6.26 Å². The Hall–Kier alpha value is -0.990. The minimum atomic E-state index is 0.0353. The molecule has 0 saturated heterocycles. The Morgan fingerprint density at radius 1 is 1.35 bits per heavy atom. The van der Waals surface area contributed by atoms with E-state index < -0.39 is 0 Å². The van der Waals surface area contributed by atoms with Gasteiger partial charge in [-0.05, 0) is 18.9 Å². The molecule has 0 fully saturated rings. The molecule has 0 bridgehead atoms. The molecule has 4 atom stereocenters. The quantitative estimate of drug-likeness (QED) is 0.705. The predicted molar refractivity (Wildman–Crippen MR) is 69.9 cm³/mol. The van der Waals surface area contributed by atoms with Gasteiger partial charge in [-0.3, -0.25) is 9.98 Å². The number of hydrogen-bond donors (Lipinski definition) is 0. The first kappa shape index (κ1) is 11.1. The molecule has 90 valence electrons. The van der Waals surface area contributed by atoms with Gasteiger partial charge in [0.05, 0.1) is 23.6 Å². The van der Waals surface area contributed by atoms with Gasteiger partial charge in [-0.15, -0.1) is 0 Å². The lowest BCUT2D eigenvalue weighted by atomic mass is 9.98. The van der Waals surface area contributed by atoms with Gasteiger partial charge in [0.25, 0.3) is 0 Å². The predicted octanol–water partition coefficient (Wildman–Crippen LogP) is 2.24. The van der Waals surface area contributed by atoms with Gasteiger partial charge in [-0.1, -0.05) is 0 Å². The number of aliphatic imine (C=N–C) groups is 2.